The Balaban J connectivity index is 2.59. The van der Waals surface area contributed by atoms with Crippen LogP contribution in [0.3, 0.4) is 0 Å². The summed E-state index contributed by atoms with van der Waals surface area (Å²) in [7, 11) is -3.84. The zero-order valence-corrected chi connectivity index (χ0v) is 16.4. The third kappa shape index (κ3) is 7.48. The summed E-state index contributed by atoms with van der Waals surface area (Å²) in [6, 6.07) is 3.04. The van der Waals surface area contributed by atoms with Gasteiger partial charge >= 0.3 is 12.1 Å². The van der Waals surface area contributed by atoms with Gasteiger partial charge in [-0.2, -0.15) is 0 Å². The number of nitro benzene ring substituents is 1. The van der Waals surface area contributed by atoms with Crippen molar-refractivity contribution in [3.8, 4) is 0 Å². The second kappa shape index (κ2) is 10.6. The van der Waals surface area contributed by atoms with Crippen LogP contribution in [-0.2, 0) is 10.0 Å². The van der Waals surface area contributed by atoms with E-state index in [0.29, 0.717) is 16.3 Å². The number of carbonyl (C=O) groups excluding carboxylic acids is 2. The first-order chi connectivity index (χ1) is 13.1. The Kier molecular flexibility index (Phi) is 8.79. The maximum absolute atomic E-state index is 12.1. The number of urea groups is 2. The molecule has 0 saturated heterocycles. The van der Waals surface area contributed by atoms with Crippen molar-refractivity contribution in [2.24, 2.45) is 0 Å². The molecule has 0 aliphatic carbocycles. The van der Waals surface area contributed by atoms with Crippen LogP contribution >= 0.6 is 0 Å². The lowest BCUT2D eigenvalue weighted by atomic mass is 10.1. The highest BCUT2D eigenvalue weighted by Gasteiger charge is 2.24. The minimum absolute atomic E-state index is 0.0444. The van der Waals surface area contributed by atoms with Gasteiger partial charge in [0.25, 0.3) is 5.69 Å². The molecule has 0 aliphatic rings. The topological polar surface area (TPSA) is 159 Å². The van der Waals surface area contributed by atoms with Gasteiger partial charge in [-0.15, -0.1) is 0 Å². The van der Waals surface area contributed by atoms with Gasteiger partial charge in [-0.25, -0.2) is 22.3 Å². The number of rotatable bonds is 9. The molecular weight excluding hydrogens is 392 g/mol. The SMILES string of the molecule is CCCCCN(C(=O)NC(=O)NCC(O)c1ccc([N+](=O)[O-])cc1)S(C)(=O)=O. The highest BCUT2D eigenvalue weighted by atomic mass is 32.2. The Hall–Kier alpha value is -2.73. The van der Waals surface area contributed by atoms with E-state index in [1.54, 1.807) is 0 Å². The summed E-state index contributed by atoms with van der Waals surface area (Å²) in [4.78, 5) is 33.9. The Bertz CT molecular complexity index is 796. The van der Waals surface area contributed by atoms with Crippen LogP contribution in [0, 0.1) is 10.1 Å². The van der Waals surface area contributed by atoms with Gasteiger partial charge < -0.3 is 10.4 Å². The van der Waals surface area contributed by atoms with Crippen LogP contribution in [0.2, 0.25) is 0 Å². The lowest BCUT2D eigenvalue weighted by Gasteiger charge is -2.20. The molecule has 1 rings (SSSR count). The molecular formula is C16H24N4O7S. The van der Waals surface area contributed by atoms with E-state index in [9.17, 15) is 33.2 Å². The smallest absolute Gasteiger partial charge is 0.339 e. The highest BCUT2D eigenvalue weighted by Crippen LogP contribution is 2.17. The molecule has 1 aromatic carbocycles. The first-order valence-electron chi connectivity index (χ1n) is 8.55. The molecule has 3 N–H and O–H groups in total. The third-order valence-electron chi connectivity index (χ3n) is 3.76. The van der Waals surface area contributed by atoms with Gasteiger partial charge in [0.15, 0.2) is 0 Å². The number of nitrogens with zero attached hydrogens (tertiary/aromatic N) is 2. The summed E-state index contributed by atoms with van der Waals surface area (Å²) >= 11 is 0. The van der Waals surface area contributed by atoms with Crippen LogP contribution in [0.4, 0.5) is 15.3 Å². The lowest BCUT2D eigenvalue weighted by molar-refractivity contribution is -0.384. The Morgan fingerprint density at radius 3 is 2.36 bits per heavy atom. The van der Waals surface area contributed by atoms with Crippen LogP contribution in [-0.4, -0.2) is 54.2 Å². The number of aliphatic hydroxyl groups excluding tert-OH is 1. The summed E-state index contributed by atoms with van der Waals surface area (Å²) in [5.41, 5.74) is 0.186. The van der Waals surface area contributed by atoms with Crippen molar-refractivity contribution < 1.29 is 28.0 Å². The van der Waals surface area contributed by atoms with E-state index in [-0.39, 0.29) is 18.8 Å². The number of non-ortho nitro benzene ring substituents is 1. The number of carbonyl (C=O) groups is 2. The second-order valence-electron chi connectivity index (χ2n) is 6.05. The average Bonchev–Trinajstić information content (AvgIpc) is 2.62. The minimum atomic E-state index is -3.84. The van der Waals surface area contributed by atoms with Gasteiger partial charge in [0, 0.05) is 25.2 Å². The number of nitrogens with one attached hydrogen (secondary N) is 2. The number of sulfonamides is 1. The predicted molar refractivity (Wildman–Crippen MR) is 101 cm³/mol. The van der Waals surface area contributed by atoms with Gasteiger partial charge in [0.1, 0.15) is 0 Å². The zero-order valence-electron chi connectivity index (χ0n) is 15.6. The summed E-state index contributed by atoms with van der Waals surface area (Å²) in [6.07, 6.45) is 1.73. The number of aliphatic hydroxyl groups is 1. The van der Waals surface area contributed by atoms with Crippen molar-refractivity contribution in [2.45, 2.75) is 32.3 Å². The van der Waals surface area contributed by atoms with Crippen molar-refractivity contribution >= 4 is 27.8 Å². The predicted octanol–water partition coefficient (Wildman–Crippen LogP) is 1.50. The molecule has 0 aromatic heterocycles. The largest absolute Gasteiger partial charge is 0.387 e. The fraction of sp³-hybridized carbons (Fsp3) is 0.500. The quantitative estimate of drug-likeness (QED) is 0.312. The lowest BCUT2D eigenvalue weighted by Crippen LogP contribution is -2.49. The molecule has 0 radical (unpaired) electrons. The molecule has 1 aromatic rings. The Morgan fingerprint density at radius 2 is 1.86 bits per heavy atom. The van der Waals surface area contributed by atoms with Crippen LogP contribution in [0.1, 0.15) is 37.9 Å². The molecule has 0 bridgehead atoms. The normalized spacial score (nSPS) is 12.1. The molecule has 12 heteroatoms. The molecule has 0 spiro atoms. The van der Waals surface area contributed by atoms with E-state index < -0.39 is 33.1 Å². The van der Waals surface area contributed by atoms with Crippen molar-refractivity contribution in [3.63, 3.8) is 0 Å². The van der Waals surface area contributed by atoms with Crippen LogP contribution in [0.25, 0.3) is 0 Å². The standard InChI is InChI=1S/C16H24N4O7S/c1-3-4-5-10-19(28(2,26)27)16(23)18-15(22)17-11-14(21)12-6-8-13(9-7-12)20(24)25/h6-9,14,21H,3-5,10-11H2,1-2H3,(H2,17,18,22,23). The fourth-order valence-corrected chi connectivity index (χ4v) is 3.06. The van der Waals surface area contributed by atoms with Crippen molar-refractivity contribution in [1.29, 1.82) is 0 Å². The molecule has 11 nitrogen and oxygen atoms in total. The van der Waals surface area contributed by atoms with Gasteiger partial charge in [-0.1, -0.05) is 19.8 Å². The van der Waals surface area contributed by atoms with E-state index in [2.05, 4.69) is 5.32 Å². The number of nitro groups is 1. The van der Waals surface area contributed by atoms with E-state index >= 15 is 0 Å². The van der Waals surface area contributed by atoms with Crippen LogP contribution in [0.15, 0.2) is 24.3 Å². The van der Waals surface area contributed by atoms with Crippen molar-refractivity contribution in [3.05, 3.63) is 39.9 Å². The first kappa shape index (κ1) is 23.3. The van der Waals surface area contributed by atoms with E-state index in [1.807, 2.05) is 12.2 Å². The first-order valence-corrected chi connectivity index (χ1v) is 10.4. The van der Waals surface area contributed by atoms with E-state index in [1.165, 1.54) is 24.3 Å². The summed E-state index contributed by atoms with van der Waals surface area (Å²) in [5.74, 6) is 0. The van der Waals surface area contributed by atoms with Gasteiger partial charge in [-0.05, 0) is 24.1 Å². The summed E-state index contributed by atoms with van der Waals surface area (Å²) in [6.45, 7) is 1.59. The van der Waals surface area contributed by atoms with Crippen LogP contribution in [0.5, 0.6) is 0 Å². The zero-order chi connectivity index (χ0) is 21.3. The highest BCUT2D eigenvalue weighted by molar-refractivity contribution is 7.88. The van der Waals surface area contributed by atoms with Crippen LogP contribution < -0.4 is 10.6 Å². The third-order valence-corrected chi connectivity index (χ3v) is 4.91. The molecule has 0 aliphatic heterocycles. The Labute approximate surface area is 162 Å². The van der Waals surface area contributed by atoms with Crippen molar-refractivity contribution in [1.82, 2.24) is 14.9 Å². The molecule has 28 heavy (non-hydrogen) atoms. The molecule has 0 saturated carbocycles. The molecule has 1 atom stereocenters. The monoisotopic (exact) mass is 416 g/mol. The number of benzene rings is 1. The van der Waals surface area contributed by atoms with Crippen molar-refractivity contribution in [2.75, 3.05) is 19.3 Å². The molecule has 0 heterocycles. The van der Waals surface area contributed by atoms with Gasteiger partial charge in [-0.3, -0.25) is 15.4 Å². The minimum Gasteiger partial charge on any atom is -0.387 e. The average molecular weight is 416 g/mol. The van der Waals surface area contributed by atoms with E-state index in [0.717, 1.165) is 19.1 Å². The number of hydrogen-bond donors (Lipinski definition) is 3. The second-order valence-corrected chi connectivity index (χ2v) is 7.95. The molecule has 4 amide bonds. The number of unbranched alkanes of at least 4 members (excludes halogenated alkanes) is 2. The molecule has 156 valence electrons. The fourth-order valence-electron chi connectivity index (χ4n) is 2.25. The Morgan fingerprint density at radius 1 is 1.25 bits per heavy atom. The van der Waals surface area contributed by atoms with Gasteiger partial charge in [0.05, 0.1) is 17.3 Å². The maximum atomic E-state index is 12.1. The number of hydrogen-bond acceptors (Lipinski definition) is 7. The maximum Gasteiger partial charge on any atom is 0.339 e. The summed E-state index contributed by atoms with van der Waals surface area (Å²) in [5, 5.41) is 24.8. The molecule has 0 fully saturated rings. The number of amides is 4. The molecule has 1 unspecified atom stereocenters. The van der Waals surface area contributed by atoms with Gasteiger partial charge in [0.2, 0.25) is 10.0 Å². The summed E-state index contributed by atoms with van der Waals surface area (Å²) < 4.78 is 24.0. The van der Waals surface area contributed by atoms with E-state index in [4.69, 9.17) is 0 Å². The number of imide groups is 1.